The second kappa shape index (κ2) is 6.57. The number of ether oxygens (including phenoxy) is 2. The lowest BCUT2D eigenvalue weighted by Crippen LogP contribution is -2.62. The van der Waals surface area contributed by atoms with E-state index >= 15 is 0 Å². The van der Waals surface area contributed by atoms with E-state index in [1.807, 2.05) is 19.1 Å². The summed E-state index contributed by atoms with van der Waals surface area (Å²) in [7, 11) is 1.69. The second-order valence-corrected chi connectivity index (χ2v) is 6.55. The lowest BCUT2D eigenvalue weighted by molar-refractivity contribution is -0.209. The summed E-state index contributed by atoms with van der Waals surface area (Å²) >= 11 is 0. The normalized spacial score (nSPS) is 27.6. The maximum atomic E-state index is 10.2. The fourth-order valence-electron chi connectivity index (χ4n) is 3.93. The molecule has 1 aromatic carbocycles. The first-order valence-electron chi connectivity index (χ1n) is 8.33. The molecule has 1 N–H and O–H groups in total. The Kier molecular flexibility index (Phi) is 4.71. The van der Waals surface area contributed by atoms with E-state index in [2.05, 4.69) is 17.0 Å². The fourth-order valence-corrected chi connectivity index (χ4v) is 3.93. The molecule has 3 rings (SSSR count). The standard InChI is InChI=1S/C18H27NO3/c1-3-22-17-12-16(20)18(17)8-10-19(11-9-18)13-14-4-6-15(21-2)7-5-14/h4-7,16-17,20H,3,8-13H2,1-2H3. The molecule has 22 heavy (non-hydrogen) atoms. The highest BCUT2D eigenvalue weighted by Crippen LogP contribution is 2.51. The Morgan fingerprint density at radius 2 is 1.91 bits per heavy atom. The molecule has 0 bridgehead atoms. The summed E-state index contributed by atoms with van der Waals surface area (Å²) < 4.78 is 11.0. The average molecular weight is 305 g/mol. The van der Waals surface area contributed by atoms with Gasteiger partial charge in [0, 0.05) is 25.0 Å². The number of piperidine rings is 1. The minimum atomic E-state index is -0.174. The van der Waals surface area contributed by atoms with Crippen molar-refractivity contribution in [3.8, 4) is 5.75 Å². The molecule has 0 aromatic heterocycles. The van der Waals surface area contributed by atoms with Gasteiger partial charge in [-0.15, -0.1) is 0 Å². The Morgan fingerprint density at radius 1 is 1.23 bits per heavy atom. The summed E-state index contributed by atoms with van der Waals surface area (Å²) in [5.41, 5.74) is 1.33. The molecule has 1 aliphatic carbocycles. The van der Waals surface area contributed by atoms with Crippen LogP contribution in [0.5, 0.6) is 5.75 Å². The smallest absolute Gasteiger partial charge is 0.118 e. The van der Waals surface area contributed by atoms with Crippen molar-refractivity contribution in [3.63, 3.8) is 0 Å². The maximum Gasteiger partial charge on any atom is 0.118 e. The lowest BCUT2D eigenvalue weighted by Gasteiger charge is -2.56. The van der Waals surface area contributed by atoms with Gasteiger partial charge in [0.05, 0.1) is 19.3 Å². The van der Waals surface area contributed by atoms with Gasteiger partial charge in [-0.25, -0.2) is 0 Å². The predicted molar refractivity (Wildman–Crippen MR) is 86.0 cm³/mol. The summed E-state index contributed by atoms with van der Waals surface area (Å²) in [5, 5.41) is 10.2. The van der Waals surface area contributed by atoms with Crippen molar-refractivity contribution in [2.45, 2.75) is 44.9 Å². The number of benzene rings is 1. The van der Waals surface area contributed by atoms with Gasteiger partial charge in [-0.3, -0.25) is 4.90 Å². The number of aliphatic hydroxyl groups excluding tert-OH is 1. The summed E-state index contributed by atoms with van der Waals surface area (Å²) in [6.07, 6.45) is 2.97. The third kappa shape index (κ3) is 2.87. The number of hydrogen-bond donors (Lipinski definition) is 1. The first-order valence-corrected chi connectivity index (χ1v) is 8.33. The van der Waals surface area contributed by atoms with Crippen molar-refractivity contribution in [1.82, 2.24) is 4.90 Å². The van der Waals surface area contributed by atoms with E-state index in [1.165, 1.54) is 5.56 Å². The molecule has 1 spiro atoms. The molecule has 4 nitrogen and oxygen atoms in total. The van der Waals surface area contributed by atoms with Crippen LogP contribution < -0.4 is 4.74 Å². The van der Waals surface area contributed by atoms with Crippen molar-refractivity contribution in [3.05, 3.63) is 29.8 Å². The largest absolute Gasteiger partial charge is 0.497 e. The molecular weight excluding hydrogens is 278 g/mol. The monoisotopic (exact) mass is 305 g/mol. The Bertz CT molecular complexity index is 478. The Morgan fingerprint density at radius 3 is 2.45 bits per heavy atom. The first-order chi connectivity index (χ1) is 10.7. The highest BCUT2D eigenvalue weighted by atomic mass is 16.5. The van der Waals surface area contributed by atoms with Crippen LogP contribution in [-0.4, -0.2) is 49.0 Å². The number of methoxy groups -OCH3 is 1. The van der Waals surface area contributed by atoms with Gasteiger partial charge in [-0.05, 0) is 50.6 Å². The van der Waals surface area contributed by atoms with Crippen LogP contribution in [0.15, 0.2) is 24.3 Å². The lowest BCUT2D eigenvalue weighted by atomic mass is 9.58. The van der Waals surface area contributed by atoms with Gasteiger partial charge >= 0.3 is 0 Å². The van der Waals surface area contributed by atoms with Gasteiger partial charge in [-0.2, -0.15) is 0 Å². The van der Waals surface area contributed by atoms with E-state index in [0.29, 0.717) is 0 Å². The number of rotatable bonds is 5. The Balaban J connectivity index is 1.55. The number of hydrogen-bond acceptors (Lipinski definition) is 4. The van der Waals surface area contributed by atoms with E-state index in [4.69, 9.17) is 9.47 Å². The van der Waals surface area contributed by atoms with Gasteiger partial charge < -0.3 is 14.6 Å². The molecule has 2 aliphatic rings. The third-order valence-electron chi connectivity index (χ3n) is 5.46. The molecule has 2 fully saturated rings. The fraction of sp³-hybridized carbons (Fsp3) is 0.667. The zero-order chi connectivity index (χ0) is 15.6. The molecule has 1 saturated heterocycles. The molecule has 4 heteroatoms. The van der Waals surface area contributed by atoms with E-state index in [1.54, 1.807) is 7.11 Å². The van der Waals surface area contributed by atoms with Crippen molar-refractivity contribution in [1.29, 1.82) is 0 Å². The van der Waals surface area contributed by atoms with Crippen LogP contribution in [0.1, 0.15) is 31.7 Å². The second-order valence-electron chi connectivity index (χ2n) is 6.55. The molecule has 0 amide bonds. The van der Waals surface area contributed by atoms with E-state index < -0.39 is 0 Å². The highest BCUT2D eigenvalue weighted by molar-refractivity contribution is 5.27. The molecule has 0 radical (unpaired) electrons. The van der Waals surface area contributed by atoms with Crippen LogP contribution in [0.2, 0.25) is 0 Å². The molecular formula is C18H27NO3. The third-order valence-corrected chi connectivity index (χ3v) is 5.46. The van der Waals surface area contributed by atoms with Crippen molar-refractivity contribution < 1.29 is 14.6 Å². The summed E-state index contributed by atoms with van der Waals surface area (Å²) in [5.74, 6) is 0.901. The number of likely N-dealkylation sites (tertiary alicyclic amines) is 1. The summed E-state index contributed by atoms with van der Waals surface area (Å²) in [4.78, 5) is 2.47. The van der Waals surface area contributed by atoms with Crippen LogP contribution in [-0.2, 0) is 11.3 Å². The molecule has 1 saturated carbocycles. The predicted octanol–water partition coefficient (Wildman–Crippen LogP) is 2.45. The van der Waals surface area contributed by atoms with Gasteiger partial charge in [0.25, 0.3) is 0 Å². The Hall–Kier alpha value is -1.10. The first kappa shape index (κ1) is 15.8. The minimum absolute atomic E-state index is 0.0203. The molecule has 2 atom stereocenters. The highest BCUT2D eigenvalue weighted by Gasteiger charge is 2.55. The van der Waals surface area contributed by atoms with E-state index in [-0.39, 0.29) is 17.6 Å². The number of nitrogens with zero attached hydrogens (tertiary/aromatic N) is 1. The molecule has 1 aromatic rings. The van der Waals surface area contributed by atoms with Gasteiger partial charge in [0.1, 0.15) is 5.75 Å². The van der Waals surface area contributed by atoms with E-state index in [0.717, 1.165) is 51.3 Å². The van der Waals surface area contributed by atoms with Crippen LogP contribution >= 0.6 is 0 Å². The maximum absolute atomic E-state index is 10.2. The van der Waals surface area contributed by atoms with Crippen LogP contribution in [0.4, 0.5) is 0 Å². The average Bonchev–Trinajstić information content (AvgIpc) is 2.56. The zero-order valence-electron chi connectivity index (χ0n) is 13.6. The van der Waals surface area contributed by atoms with E-state index in [9.17, 15) is 5.11 Å². The number of aliphatic hydroxyl groups is 1. The molecule has 122 valence electrons. The molecule has 2 unspecified atom stereocenters. The van der Waals surface area contributed by atoms with Crippen molar-refractivity contribution in [2.24, 2.45) is 5.41 Å². The van der Waals surface area contributed by atoms with Crippen LogP contribution in [0.3, 0.4) is 0 Å². The van der Waals surface area contributed by atoms with Crippen LogP contribution in [0.25, 0.3) is 0 Å². The molecule has 1 heterocycles. The zero-order valence-corrected chi connectivity index (χ0v) is 13.6. The quantitative estimate of drug-likeness (QED) is 0.907. The molecule has 1 aliphatic heterocycles. The van der Waals surface area contributed by atoms with Crippen molar-refractivity contribution in [2.75, 3.05) is 26.8 Å². The summed E-state index contributed by atoms with van der Waals surface area (Å²) in [6, 6.07) is 8.29. The van der Waals surface area contributed by atoms with Crippen LogP contribution in [0, 0.1) is 5.41 Å². The van der Waals surface area contributed by atoms with Gasteiger partial charge in [0.15, 0.2) is 0 Å². The van der Waals surface area contributed by atoms with Gasteiger partial charge in [0.2, 0.25) is 0 Å². The SMILES string of the molecule is CCOC1CC(O)C12CCN(Cc1ccc(OC)cc1)CC2. The minimum Gasteiger partial charge on any atom is -0.497 e. The Labute approximate surface area is 133 Å². The topological polar surface area (TPSA) is 41.9 Å². The summed E-state index contributed by atoms with van der Waals surface area (Å²) in [6.45, 7) is 5.82. The van der Waals surface area contributed by atoms with Crippen molar-refractivity contribution >= 4 is 0 Å². The van der Waals surface area contributed by atoms with Gasteiger partial charge in [-0.1, -0.05) is 12.1 Å².